The largest absolute Gasteiger partial charge is 0.340 e. The van der Waals surface area contributed by atoms with Crippen molar-refractivity contribution in [1.29, 1.82) is 5.26 Å². The van der Waals surface area contributed by atoms with Gasteiger partial charge in [-0.2, -0.15) is 5.26 Å². The number of amides is 1. The van der Waals surface area contributed by atoms with Gasteiger partial charge in [-0.3, -0.25) is 4.79 Å². The van der Waals surface area contributed by atoms with E-state index in [0.717, 1.165) is 25.7 Å². The Labute approximate surface area is 86.5 Å². The Balaban J connectivity index is 4.08. The van der Waals surface area contributed by atoms with Crippen LogP contribution in [0.2, 0.25) is 0 Å². The molecule has 0 aliphatic heterocycles. The lowest BCUT2D eigenvalue weighted by molar-refractivity contribution is -0.125. The van der Waals surface area contributed by atoms with E-state index in [1.807, 2.05) is 20.8 Å². The molecule has 0 aromatic heterocycles. The molecule has 14 heavy (non-hydrogen) atoms. The molecule has 0 aromatic rings. The molecule has 3 nitrogen and oxygen atoms in total. The number of nitrogens with one attached hydrogen (secondary N) is 1. The van der Waals surface area contributed by atoms with Crippen molar-refractivity contribution >= 4 is 5.91 Å². The Kier molecular flexibility index (Phi) is 6.82. The molecule has 0 saturated carbocycles. The second kappa shape index (κ2) is 7.37. The van der Waals surface area contributed by atoms with Gasteiger partial charge in [0.15, 0.2) is 0 Å². The Morgan fingerprint density at radius 3 is 2.29 bits per heavy atom. The first-order valence-corrected chi connectivity index (χ1v) is 5.39. The zero-order valence-electron chi connectivity index (χ0n) is 9.34. The molecule has 0 aliphatic rings. The van der Waals surface area contributed by atoms with Gasteiger partial charge in [-0.1, -0.05) is 27.2 Å². The number of carbonyl (C=O) groups excluding carboxylic acids is 1. The summed E-state index contributed by atoms with van der Waals surface area (Å²) >= 11 is 0. The van der Waals surface area contributed by atoms with Gasteiger partial charge in [-0.15, -0.1) is 0 Å². The van der Waals surface area contributed by atoms with Crippen molar-refractivity contribution < 1.29 is 4.79 Å². The highest BCUT2D eigenvalue weighted by Crippen LogP contribution is 2.08. The van der Waals surface area contributed by atoms with Crippen LogP contribution in [0, 0.1) is 17.2 Å². The van der Waals surface area contributed by atoms with Gasteiger partial charge in [0.1, 0.15) is 6.04 Å². The molecule has 0 fully saturated rings. The van der Waals surface area contributed by atoms with Gasteiger partial charge in [-0.05, 0) is 19.3 Å². The van der Waals surface area contributed by atoms with Crippen molar-refractivity contribution in [1.82, 2.24) is 5.32 Å². The predicted octanol–water partition coefficient (Wildman–Crippen LogP) is 2.23. The summed E-state index contributed by atoms with van der Waals surface area (Å²) in [7, 11) is 0. The third-order valence-corrected chi connectivity index (χ3v) is 2.41. The summed E-state index contributed by atoms with van der Waals surface area (Å²) in [5.74, 6) is 0.0812. The van der Waals surface area contributed by atoms with Gasteiger partial charge in [0.05, 0.1) is 6.07 Å². The van der Waals surface area contributed by atoms with Crippen LogP contribution in [-0.2, 0) is 4.79 Å². The number of carbonyl (C=O) groups is 1. The van der Waals surface area contributed by atoms with E-state index >= 15 is 0 Å². The van der Waals surface area contributed by atoms with E-state index in [2.05, 4.69) is 11.4 Å². The molecule has 3 heteroatoms. The number of nitrogens with zero attached hydrogens (tertiary/aromatic N) is 1. The minimum Gasteiger partial charge on any atom is -0.340 e. The first-order chi connectivity index (χ1) is 6.69. The summed E-state index contributed by atoms with van der Waals surface area (Å²) in [6.45, 7) is 6.00. The van der Waals surface area contributed by atoms with Crippen molar-refractivity contribution in [3.63, 3.8) is 0 Å². The Morgan fingerprint density at radius 2 is 1.93 bits per heavy atom. The van der Waals surface area contributed by atoms with Crippen LogP contribution in [0.3, 0.4) is 0 Å². The zero-order chi connectivity index (χ0) is 11.0. The van der Waals surface area contributed by atoms with Crippen LogP contribution in [0.15, 0.2) is 0 Å². The van der Waals surface area contributed by atoms with Crippen LogP contribution < -0.4 is 5.32 Å². The number of hydrogen-bond donors (Lipinski definition) is 1. The van der Waals surface area contributed by atoms with E-state index in [4.69, 9.17) is 5.26 Å². The molecule has 0 aliphatic carbocycles. The summed E-state index contributed by atoms with van der Waals surface area (Å²) in [5.41, 5.74) is 0. The summed E-state index contributed by atoms with van der Waals surface area (Å²) in [5, 5.41) is 11.5. The maximum absolute atomic E-state index is 11.6. The third kappa shape index (κ3) is 4.27. The molecule has 0 aromatic carbocycles. The Hall–Kier alpha value is -1.04. The fourth-order valence-electron chi connectivity index (χ4n) is 1.41. The molecule has 0 heterocycles. The quantitative estimate of drug-likeness (QED) is 0.708. The fourth-order valence-corrected chi connectivity index (χ4v) is 1.41. The van der Waals surface area contributed by atoms with E-state index < -0.39 is 0 Å². The maximum atomic E-state index is 11.6. The van der Waals surface area contributed by atoms with E-state index in [0.29, 0.717) is 0 Å². The summed E-state index contributed by atoms with van der Waals surface area (Å²) < 4.78 is 0. The maximum Gasteiger partial charge on any atom is 0.224 e. The van der Waals surface area contributed by atoms with E-state index in [1.54, 1.807) is 0 Å². The van der Waals surface area contributed by atoms with E-state index in [-0.39, 0.29) is 17.9 Å². The zero-order valence-corrected chi connectivity index (χ0v) is 9.34. The average molecular weight is 196 g/mol. The minimum absolute atomic E-state index is 0.0231. The lowest BCUT2D eigenvalue weighted by Gasteiger charge is -2.15. The molecule has 80 valence electrons. The van der Waals surface area contributed by atoms with Gasteiger partial charge < -0.3 is 5.32 Å². The van der Waals surface area contributed by atoms with E-state index in [9.17, 15) is 4.79 Å². The standard InChI is InChI=1S/C11H20N2O/c1-4-7-10(8-12)13-11(14)9(5-2)6-3/h9-10H,4-7H2,1-3H3,(H,13,14). The molecule has 1 N–H and O–H groups in total. The van der Waals surface area contributed by atoms with Crippen molar-refractivity contribution in [2.45, 2.75) is 52.5 Å². The Bertz CT molecular complexity index is 204. The SMILES string of the molecule is CCCC(C#N)NC(=O)C(CC)CC. The first-order valence-electron chi connectivity index (χ1n) is 5.39. The average Bonchev–Trinajstić information content (AvgIpc) is 2.19. The van der Waals surface area contributed by atoms with Gasteiger partial charge >= 0.3 is 0 Å². The number of hydrogen-bond acceptors (Lipinski definition) is 2. The van der Waals surface area contributed by atoms with Crippen LogP contribution in [0.25, 0.3) is 0 Å². The molecule has 0 radical (unpaired) electrons. The molecule has 1 amide bonds. The van der Waals surface area contributed by atoms with Crippen LogP contribution in [0.1, 0.15) is 46.5 Å². The normalized spacial score (nSPS) is 12.2. The summed E-state index contributed by atoms with van der Waals surface area (Å²) in [6.07, 6.45) is 3.34. The van der Waals surface area contributed by atoms with Gasteiger partial charge in [-0.25, -0.2) is 0 Å². The third-order valence-electron chi connectivity index (χ3n) is 2.41. The predicted molar refractivity (Wildman–Crippen MR) is 56.5 cm³/mol. The van der Waals surface area contributed by atoms with Crippen molar-refractivity contribution in [3.05, 3.63) is 0 Å². The smallest absolute Gasteiger partial charge is 0.224 e. The van der Waals surface area contributed by atoms with Crippen LogP contribution >= 0.6 is 0 Å². The fraction of sp³-hybridized carbons (Fsp3) is 0.818. The molecule has 1 atom stereocenters. The minimum atomic E-state index is -0.312. The highest BCUT2D eigenvalue weighted by atomic mass is 16.1. The van der Waals surface area contributed by atoms with Gasteiger partial charge in [0, 0.05) is 5.92 Å². The number of rotatable bonds is 6. The topological polar surface area (TPSA) is 52.9 Å². The molecule has 0 saturated heterocycles. The molecule has 0 rings (SSSR count). The lowest BCUT2D eigenvalue weighted by atomic mass is 10.0. The van der Waals surface area contributed by atoms with Crippen LogP contribution in [0.5, 0.6) is 0 Å². The van der Waals surface area contributed by atoms with Crippen molar-refractivity contribution in [2.75, 3.05) is 0 Å². The molecule has 0 spiro atoms. The Morgan fingerprint density at radius 1 is 1.36 bits per heavy atom. The van der Waals surface area contributed by atoms with E-state index in [1.165, 1.54) is 0 Å². The number of nitriles is 1. The lowest BCUT2D eigenvalue weighted by Crippen LogP contribution is -2.37. The molecule has 1 unspecified atom stereocenters. The second-order valence-corrected chi connectivity index (χ2v) is 3.49. The van der Waals surface area contributed by atoms with Crippen molar-refractivity contribution in [3.8, 4) is 6.07 Å². The van der Waals surface area contributed by atoms with Crippen molar-refractivity contribution in [2.24, 2.45) is 5.92 Å². The molecular weight excluding hydrogens is 176 g/mol. The summed E-state index contributed by atoms with van der Waals surface area (Å²) in [4.78, 5) is 11.6. The first kappa shape index (κ1) is 13.0. The molecular formula is C11H20N2O. The van der Waals surface area contributed by atoms with Crippen LogP contribution in [0.4, 0.5) is 0 Å². The summed E-state index contributed by atoms with van der Waals surface area (Å²) in [6, 6.07) is 1.79. The molecule has 0 bridgehead atoms. The highest BCUT2D eigenvalue weighted by Gasteiger charge is 2.17. The second-order valence-electron chi connectivity index (χ2n) is 3.49. The van der Waals surface area contributed by atoms with Crippen LogP contribution in [-0.4, -0.2) is 11.9 Å². The van der Waals surface area contributed by atoms with Gasteiger partial charge in [0.25, 0.3) is 0 Å². The highest BCUT2D eigenvalue weighted by molar-refractivity contribution is 5.79. The monoisotopic (exact) mass is 196 g/mol. The van der Waals surface area contributed by atoms with Gasteiger partial charge in [0.2, 0.25) is 5.91 Å².